The van der Waals surface area contributed by atoms with E-state index in [1.165, 1.54) is 5.56 Å². The number of nitrogens with one attached hydrogen (secondary N) is 2. The summed E-state index contributed by atoms with van der Waals surface area (Å²) in [5.41, 5.74) is 3.30. The summed E-state index contributed by atoms with van der Waals surface area (Å²) < 4.78 is 1.97. The van der Waals surface area contributed by atoms with Gasteiger partial charge in [-0.2, -0.15) is 10.2 Å². The van der Waals surface area contributed by atoms with Crippen LogP contribution in [0.5, 0.6) is 0 Å². The number of hydrogen-bond acceptors (Lipinski definition) is 3. The predicted molar refractivity (Wildman–Crippen MR) is 76.0 cm³/mol. The Hall–Kier alpha value is -2.30. The number of hydrogen-bond donors (Lipinski definition) is 2. The molecule has 5 heteroatoms. The molecule has 0 aliphatic carbocycles. The van der Waals surface area contributed by atoms with Crippen molar-refractivity contribution in [1.29, 1.82) is 0 Å². The van der Waals surface area contributed by atoms with Crippen LogP contribution in [0.4, 0.5) is 5.69 Å². The molecule has 2 aromatic heterocycles. The molecule has 2 heterocycles. The first-order valence-corrected chi connectivity index (χ1v) is 6.42. The zero-order valence-electron chi connectivity index (χ0n) is 11.1. The third kappa shape index (κ3) is 2.45. The molecule has 0 saturated carbocycles. The summed E-state index contributed by atoms with van der Waals surface area (Å²) in [7, 11) is 0. The summed E-state index contributed by atoms with van der Waals surface area (Å²) in [6.45, 7) is 5.01. The quantitative estimate of drug-likeness (QED) is 0.753. The van der Waals surface area contributed by atoms with Crippen LogP contribution in [0.15, 0.2) is 36.8 Å². The lowest BCUT2D eigenvalue weighted by Gasteiger charge is -2.05. The van der Waals surface area contributed by atoms with E-state index in [1.807, 2.05) is 17.1 Å². The highest BCUT2D eigenvalue weighted by atomic mass is 15.3. The Bertz CT molecular complexity index is 680. The first kappa shape index (κ1) is 11.8. The first-order chi connectivity index (χ1) is 9.22. The van der Waals surface area contributed by atoms with Gasteiger partial charge in [0.1, 0.15) is 0 Å². The van der Waals surface area contributed by atoms with E-state index < -0.39 is 0 Å². The highest BCUT2D eigenvalue weighted by Crippen LogP contribution is 2.17. The minimum absolute atomic E-state index is 0.398. The largest absolute Gasteiger partial charge is 0.381 e. The Morgan fingerprint density at radius 3 is 3.00 bits per heavy atom. The molecule has 98 valence electrons. The summed E-state index contributed by atoms with van der Waals surface area (Å²) in [4.78, 5) is 0. The zero-order valence-corrected chi connectivity index (χ0v) is 11.1. The van der Waals surface area contributed by atoms with E-state index in [0.717, 1.165) is 23.1 Å². The van der Waals surface area contributed by atoms with Gasteiger partial charge in [0.05, 0.1) is 17.9 Å². The summed E-state index contributed by atoms with van der Waals surface area (Å²) in [5, 5.41) is 15.8. The van der Waals surface area contributed by atoms with Gasteiger partial charge in [-0.25, -0.2) is 0 Å². The lowest BCUT2D eigenvalue weighted by molar-refractivity contribution is 0.532. The summed E-state index contributed by atoms with van der Waals surface area (Å²) >= 11 is 0. The average Bonchev–Trinajstić information content (AvgIpc) is 3.04. The maximum Gasteiger partial charge on any atom is 0.0670 e. The molecule has 1 aromatic carbocycles. The first-order valence-electron chi connectivity index (χ1n) is 6.42. The molecular weight excluding hydrogens is 238 g/mol. The van der Waals surface area contributed by atoms with Crippen molar-refractivity contribution >= 4 is 16.6 Å². The lowest BCUT2D eigenvalue weighted by Crippen LogP contribution is -2.01. The normalized spacial score (nSPS) is 11.3. The van der Waals surface area contributed by atoms with Crippen molar-refractivity contribution in [1.82, 2.24) is 20.0 Å². The number of H-pyrrole nitrogens is 1. The fourth-order valence-corrected chi connectivity index (χ4v) is 2.00. The predicted octanol–water partition coefficient (Wildman–Crippen LogP) is 2.95. The average molecular weight is 255 g/mol. The Balaban J connectivity index is 1.70. The molecule has 0 bridgehead atoms. The van der Waals surface area contributed by atoms with Crippen molar-refractivity contribution in [3.63, 3.8) is 0 Å². The van der Waals surface area contributed by atoms with E-state index >= 15 is 0 Å². The zero-order chi connectivity index (χ0) is 13.2. The third-order valence-electron chi connectivity index (χ3n) is 3.12. The monoisotopic (exact) mass is 255 g/mol. The highest BCUT2D eigenvalue weighted by molar-refractivity contribution is 5.81. The van der Waals surface area contributed by atoms with Gasteiger partial charge in [-0.05, 0) is 32.0 Å². The molecule has 19 heavy (non-hydrogen) atoms. The second-order valence-corrected chi connectivity index (χ2v) is 4.95. The van der Waals surface area contributed by atoms with Gasteiger partial charge in [-0.1, -0.05) is 0 Å². The molecule has 0 atom stereocenters. The van der Waals surface area contributed by atoms with Crippen LogP contribution in [0, 0.1) is 0 Å². The second-order valence-electron chi connectivity index (χ2n) is 4.95. The summed E-state index contributed by atoms with van der Waals surface area (Å²) in [6.07, 6.45) is 5.81. The van der Waals surface area contributed by atoms with Crippen LogP contribution in [0.3, 0.4) is 0 Å². The van der Waals surface area contributed by atoms with Crippen LogP contribution in [0.25, 0.3) is 10.9 Å². The number of aromatic amines is 1. The number of fused-ring (bicyclic) bond motifs is 1. The minimum atomic E-state index is 0.398. The topological polar surface area (TPSA) is 58.5 Å². The van der Waals surface area contributed by atoms with Crippen molar-refractivity contribution in [2.24, 2.45) is 0 Å². The van der Waals surface area contributed by atoms with Gasteiger partial charge in [0, 0.05) is 35.4 Å². The number of anilines is 1. The van der Waals surface area contributed by atoms with Gasteiger partial charge in [-0.3, -0.25) is 9.78 Å². The van der Waals surface area contributed by atoms with E-state index in [1.54, 1.807) is 0 Å². The Labute approximate surface area is 111 Å². The molecule has 0 fully saturated rings. The number of rotatable bonds is 4. The van der Waals surface area contributed by atoms with E-state index in [2.05, 4.69) is 58.9 Å². The third-order valence-corrected chi connectivity index (χ3v) is 3.12. The van der Waals surface area contributed by atoms with E-state index in [9.17, 15) is 0 Å². The number of aromatic nitrogens is 4. The standard InChI is InChI=1S/C14H17N5/c1-10(2)19-9-11(7-17-19)6-15-13-4-3-12-8-16-18-14(12)5-13/h3-5,7-10,15H,6H2,1-2H3,(H,16,18). The highest BCUT2D eigenvalue weighted by Gasteiger charge is 2.02. The summed E-state index contributed by atoms with van der Waals surface area (Å²) in [6, 6.07) is 6.58. The second kappa shape index (κ2) is 4.76. The fraction of sp³-hybridized carbons (Fsp3) is 0.286. The number of benzene rings is 1. The Morgan fingerprint density at radius 1 is 1.32 bits per heavy atom. The Kier molecular flexibility index (Phi) is 2.95. The Morgan fingerprint density at radius 2 is 2.21 bits per heavy atom. The molecule has 0 spiro atoms. The van der Waals surface area contributed by atoms with Crippen LogP contribution >= 0.6 is 0 Å². The molecular formula is C14H17N5. The molecule has 2 N–H and O–H groups in total. The van der Waals surface area contributed by atoms with Crippen molar-refractivity contribution in [3.8, 4) is 0 Å². The SMILES string of the molecule is CC(C)n1cc(CNc2ccc3cn[nH]c3c2)cn1. The van der Waals surface area contributed by atoms with Crippen molar-refractivity contribution in [2.75, 3.05) is 5.32 Å². The van der Waals surface area contributed by atoms with Gasteiger partial charge in [-0.15, -0.1) is 0 Å². The molecule has 0 saturated heterocycles. The van der Waals surface area contributed by atoms with Crippen LogP contribution in [0.2, 0.25) is 0 Å². The number of nitrogens with zero attached hydrogens (tertiary/aromatic N) is 3. The molecule has 0 amide bonds. The van der Waals surface area contributed by atoms with Crippen LogP contribution in [-0.4, -0.2) is 20.0 Å². The van der Waals surface area contributed by atoms with Gasteiger partial charge in [0.2, 0.25) is 0 Å². The molecule has 0 aliphatic heterocycles. The van der Waals surface area contributed by atoms with E-state index in [4.69, 9.17) is 0 Å². The van der Waals surface area contributed by atoms with Gasteiger partial charge < -0.3 is 5.32 Å². The van der Waals surface area contributed by atoms with E-state index in [-0.39, 0.29) is 0 Å². The van der Waals surface area contributed by atoms with Crippen molar-refractivity contribution < 1.29 is 0 Å². The maximum absolute atomic E-state index is 4.33. The van der Waals surface area contributed by atoms with E-state index in [0.29, 0.717) is 6.04 Å². The fourth-order valence-electron chi connectivity index (χ4n) is 2.00. The lowest BCUT2D eigenvalue weighted by atomic mass is 10.2. The smallest absolute Gasteiger partial charge is 0.0670 e. The molecule has 5 nitrogen and oxygen atoms in total. The van der Waals surface area contributed by atoms with Gasteiger partial charge >= 0.3 is 0 Å². The summed E-state index contributed by atoms with van der Waals surface area (Å²) in [5.74, 6) is 0. The van der Waals surface area contributed by atoms with Crippen LogP contribution < -0.4 is 5.32 Å². The van der Waals surface area contributed by atoms with Crippen molar-refractivity contribution in [3.05, 3.63) is 42.4 Å². The molecule has 0 radical (unpaired) electrons. The van der Waals surface area contributed by atoms with Crippen LogP contribution in [-0.2, 0) is 6.54 Å². The molecule has 0 aliphatic rings. The van der Waals surface area contributed by atoms with Crippen molar-refractivity contribution in [2.45, 2.75) is 26.4 Å². The van der Waals surface area contributed by atoms with Gasteiger partial charge in [0.15, 0.2) is 0 Å². The minimum Gasteiger partial charge on any atom is -0.381 e. The maximum atomic E-state index is 4.33. The molecule has 0 unspecified atom stereocenters. The molecule has 3 aromatic rings. The van der Waals surface area contributed by atoms with Crippen LogP contribution in [0.1, 0.15) is 25.5 Å². The van der Waals surface area contributed by atoms with Gasteiger partial charge in [0.25, 0.3) is 0 Å². The molecule has 3 rings (SSSR count).